The number of rotatable bonds is 5. The average molecular weight is 477 g/mol. The van der Waals surface area contributed by atoms with Crippen molar-refractivity contribution in [2.75, 3.05) is 10.6 Å². The molecule has 31 heavy (non-hydrogen) atoms. The van der Waals surface area contributed by atoms with E-state index in [1.807, 2.05) is 48.5 Å². The summed E-state index contributed by atoms with van der Waals surface area (Å²) >= 11 is 3.38. The smallest absolute Gasteiger partial charge is 0.255 e. The van der Waals surface area contributed by atoms with E-state index in [2.05, 4.69) is 47.3 Å². The molecule has 3 rings (SSSR count). The van der Waals surface area contributed by atoms with Gasteiger partial charge in [-0.25, -0.2) is 0 Å². The summed E-state index contributed by atoms with van der Waals surface area (Å²) in [5, 5.41) is 5.69. The van der Waals surface area contributed by atoms with Crippen LogP contribution in [0.2, 0.25) is 0 Å². The molecule has 0 fully saturated rings. The summed E-state index contributed by atoms with van der Waals surface area (Å²) < 4.78 is 0.989. The predicted molar refractivity (Wildman–Crippen MR) is 131 cm³/mol. The van der Waals surface area contributed by atoms with Gasteiger partial charge in [-0.05, 0) is 71.1 Å². The molecule has 5 heteroatoms. The zero-order valence-corrected chi connectivity index (χ0v) is 19.4. The van der Waals surface area contributed by atoms with Crippen LogP contribution in [0.25, 0.3) is 6.08 Å². The van der Waals surface area contributed by atoms with Crippen molar-refractivity contribution in [3.8, 4) is 0 Å². The summed E-state index contributed by atoms with van der Waals surface area (Å²) in [5.41, 5.74) is 4.07. The Bertz CT molecular complexity index is 1080. The van der Waals surface area contributed by atoms with Gasteiger partial charge in [0.15, 0.2) is 0 Å². The third-order valence-electron chi connectivity index (χ3n) is 4.72. The van der Waals surface area contributed by atoms with E-state index in [1.54, 1.807) is 30.3 Å². The summed E-state index contributed by atoms with van der Waals surface area (Å²) in [7, 11) is 0. The molecule has 0 saturated heterocycles. The van der Waals surface area contributed by atoms with Gasteiger partial charge in [0.05, 0.1) is 0 Å². The number of anilines is 2. The Morgan fingerprint density at radius 3 is 1.87 bits per heavy atom. The normalized spacial score (nSPS) is 11.4. The molecular weight excluding hydrogens is 452 g/mol. The minimum absolute atomic E-state index is 0.0444. The number of carbonyl (C=O) groups excluding carboxylic acids is 2. The van der Waals surface area contributed by atoms with Crippen LogP contribution in [0.1, 0.15) is 42.3 Å². The zero-order valence-electron chi connectivity index (χ0n) is 17.8. The van der Waals surface area contributed by atoms with Crippen molar-refractivity contribution < 1.29 is 9.59 Å². The SMILES string of the molecule is CC(C)(C)c1ccc(C(=O)Nc2ccc(NC(=O)/C=C/c3ccc(Br)cc3)cc2)cc1. The van der Waals surface area contributed by atoms with Crippen molar-refractivity contribution in [1.82, 2.24) is 0 Å². The Labute approximate surface area is 191 Å². The first-order valence-corrected chi connectivity index (χ1v) is 10.8. The molecule has 0 bridgehead atoms. The first kappa shape index (κ1) is 22.5. The largest absolute Gasteiger partial charge is 0.323 e. The lowest BCUT2D eigenvalue weighted by atomic mass is 9.87. The van der Waals surface area contributed by atoms with Crippen LogP contribution in [0.5, 0.6) is 0 Å². The standard InChI is InChI=1S/C26H25BrN2O2/c1-26(2,3)20-9-7-19(8-10-20)25(31)29-23-15-13-22(14-16-23)28-24(30)17-6-18-4-11-21(27)12-5-18/h4-17H,1-3H3,(H,28,30)(H,29,31)/b17-6+. The number of benzene rings is 3. The van der Waals surface area contributed by atoms with Crippen LogP contribution < -0.4 is 10.6 Å². The highest BCUT2D eigenvalue weighted by atomic mass is 79.9. The molecule has 0 atom stereocenters. The van der Waals surface area contributed by atoms with Gasteiger partial charge in [0.25, 0.3) is 5.91 Å². The quantitative estimate of drug-likeness (QED) is 0.404. The third-order valence-corrected chi connectivity index (χ3v) is 5.25. The molecule has 0 unspecified atom stereocenters. The minimum Gasteiger partial charge on any atom is -0.323 e. The molecule has 3 aromatic carbocycles. The first-order chi connectivity index (χ1) is 14.7. The summed E-state index contributed by atoms with van der Waals surface area (Å²) in [6.45, 7) is 6.41. The van der Waals surface area contributed by atoms with Gasteiger partial charge in [-0.1, -0.05) is 61.0 Å². The maximum atomic E-state index is 12.5. The summed E-state index contributed by atoms with van der Waals surface area (Å²) in [4.78, 5) is 24.6. The molecule has 0 spiro atoms. The molecule has 2 N–H and O–H groups in total. The van der Waals surface area contributed by atoms with Gasteiger partial charge < -0.3 is 10.6 Å². The highest BCUT2D eigenvalue weighted by Gasteiger charge is 2.14. The highest BCUT2D eigenvalue weighted by molar-refractivity contribution is 9.10. The maximum absolute atomic E-state index is 12.5. The van der Waals surface area contributed by atoms with Crippen molar-refractivity contribution in [2.24, 2.45) is 0 Å². The topological polar surface area (TPSA) is 58.2 Å². The third kappa shape index (κ3) is 6.66. The molecule has 3 aromatic rings. The minimum atomic E-state index is -0.223. The van der Waals surface area contributed by atoms with E-state index in [4.69, 9.17) is 0 Å². The van der Waals surface area contributed by atoms with Crippen molar-refractivity contribution in [3.63, 3.8) is 0 Å². The zero-order chi connectivity index (χ0) is 22.4. The molecule has 0 aliphatic rings. The lowest BCUT2D eigenvalue weighted by molar-refractivity contribution is -0.111. The van der Waals surface area contributed by atoms with E-state index in [1.165, 1.54) is 11.6 Å². The van der Waals surface area contributed by atoms with E-state index < -0.39 is 0 Å². The number of nitrogens with one attached hydrogen (secondary N) is 2. The van der Waals surface area contributed by atoms with Crippen LogP contribution in [0.3, 0.4) is 0 Å². The van der Waals surface area contributed by atoms with Crippen molar-refractivity contribution in [2.45, 2.75) is 26.2 Å². The molecule has 4 nitrogen and oxygen atoms in total. The van der Waals surface area contributed by atoms with Crippen molar-refractivity contribution in [3.05, 3.63) is 100 Å². The average Bonchev–Trinajstić information content (AvgIpc) is 2.74. The van der Waals surface area contributed by atoms with E-state index in [9.17, 15) is 9.59 Å². The Morgan fingerprint density at radius 1 is 0.774 bits per heavy atom. The molecule has 0 heterocycles. The van der Waals surface area contributed by atoms with Crippen LogP contribution in [-0.4, -0.2) is 11.8 Å². The van der Waals surface area contributed by atoms with Gasteiger partial charge in [-0.2, -0.15) is 0 Å². The van der Waals surface area contributed by atoms with E-state index in [0.717, 1.165) is 10.0 Å². The van der Waals surface area contributed by atoms with Gasteiger partial charge in [0.1, 0.15) is 0 Å². The molecule has 0 radical (unpaired) electrons. The highest BCUT2D eigenvalue weighted by Crippen LogP contribution is 2.22. The van der Waals surface area contributed by atoms with Crippen LogP contribution in [0.4, 0.5) is 11.4 Å². The molecular formula is C26H25BrN2O2. The van der Waals surface area contributed by atoms with Crippen LogP contribution in [-0.2, 0) is 10.2 Å². The first-order valence-electron chi connectivity index (χ1n) is 9.97. The van der Waals surface area contributed by atoms with Crippen molar-refractivity contribution in [1.29, 1.82) is 0 Å². The fraction of sp³-hybridized carbons (Fsp3) is 0.154. The molecule has 0 aromatic heterocycles. The molecule has 0 aliphatic heterocycles. The van der Waals surface area contributed by atoms with Gasteiger partial charge in [-0.15, -0.1) is 0 Å². The molecule has 158 valence electrons. The second-order valence-electron chi connectivity index (χ2n) is 8.23. The number of halogens is 1. The number of hydrogen-bond acceptors (Lipinski definition) is 2. The summed E-state index contributed by atoms with van der Waals surface area (Å²) in [5.74, 6) is -0.395. The fourth-order valence-electron chi connectivity index (χ4n) is 2.89. The summed E-state index contributed by atoms with van der Waals surface area (Å²) in [6.07, 6.45) is 3.24. The van der Waals surface area contributed by atoms with Crippen LogP contribution >= 0.6 is 15.9 Å². The van der Waals surface area contributed by atoms with Crippen LogP contribution in [0.15, 0.2) is 83.3 Å². The number of amides is 2. The Morgan fingerprint density at radius 2 is 1.32 bits per heavy atom. The predicted octanol–water partition coefficient (Wildman–Crippen LogP) is 6.65. The van der Waals surface area contributed by atoms with Gasteiger partial charge in [-0.3, -0.25) is 9.59 Å². The van der Waals surface area contributed by atoms with E-state index in [0.29, 0.717) is 16.9 Å². The van der Waals surface area contributed by atoms with Gasteiger partial charge in [0.2, 0.25) is 5.91 Å². The number of hydrogen-bond donors (Lipinski definition) is 2. The Hall–Kier alpha value is -3.18. The monoisotopic (exact) mass is 476 g/mol. The fourth-order valence-corrected chi connectivity index (χ4v) is 3.16. The van der Waals surface area contributed by atoms with E-state index in [-0.39, 0.29) is 17.2 Å². The molecule has 0 aliphatic carbocycles. The Kier molecular flexibility index (Phi) is 7.08. The summed E-state index contributed by atoms with van der Waals surface area (Å²) in [6, 6.07) is 22.3. The van der Waals surface area contributed by atoms with Gasteiger partial charge >= 0.3 is 0 Å². The number of carbonyl (C=O) groups is 2. The molecule has 2 amide bonds. The lowest BCUT2D eigenvalue weighted by Gasteiger charge is -2.19. The second kappa shape index (κ2) is 9.75. The maximum Gasteiger partial charge on any atom is 0.255 e. The lowest BCUT2D eigenvalue weighted by Crippen LogP contribution is -2.14. The molecule has 0 saturated carbocycles. The van der Waals surface area contributed by atoms with Crippen molar-refractivity contribution >= 4 is 45.2 Å². The second-order valence-corrected chi connectivity index (χ2v) is 9.15. The van der Waals surface area contributed by atoms with Gasteiger partial charge in [0, 0.05) is 27.5 Å². The Balaban J connectivity index is 1.56. The van der Waals surface area contributed by atoms with E-state index >= 15 is 0 Å². The van der Waals surface area contributed by atoms with Crippen LogP contribution in [0, 0.1) is 0 Å².